The first-order valence-electron chi connectivity index (χ1n) is 7.34. The predicted molar refractivity (Wildman–Crippen MR) is 88.4 cm³/mol. The van der Waals surface area contributed by atoms with Gasteiger partial charge in [-0.2, -0.15) is 4.31 Å². The lowest BCUT2D eigenvalue weighted by molar-refractivity contribution is 0.213. The van der Waals surface area contributed by atoms with Gasteiger partial charge in [-0.25, -0.2) is 8.42 Å². The molecule has 21 heavy (non-hydrogen) atoms. The first kappa shape index (κ1) is 16.9. The van der Waals surface area contributed by atoms with Gasteiger partial charge in [0, 0.05) is 24.1 Å². The number of nitrogens with two attached hydrogens (primary N) is 1. The fourth-order valence-electron chi connectivity index (χ4n) is 3.05. The van der Waals surface area contributed by atoms with Gasteiger partial charge in [0.1, 0.15) is 0 Å². The molecule has 2 rings (SSSR count). The summed E-state index contributed by atoms with van der Waals surface area (Å²) < 4.78 is 27.9. The van der Waals surface area contributed by atoms with Crippen LogP contribution in [0.15, 0.2) is 27.6 Å². The number of nitrogens with zero attached hydrogens (tertiary/aromatic N) is 1. The van der Waals surface area contributed by atoms with Gasteiger partial charge in [0.05, 0.1) is 4.90 Å². The number of benzene rings is 1. The van der Waals surface area contributed by atoms with Gasteiger partial charge in [0.25, 0.3) is 0 Å². The summed E-state index contributed by atoms with van der Waals surface area (Å²) in [7, 11) is -1.78. The Morgan fingerprint density at radius 2 is 2.00 bits per heavy atom. The molecule has 0 aromatic heterocycles. The van der Waals surface area contributed by atoms with Gasteiger partial charge in [-0.3, -0.25) is 0 Å². The van der Waals surface area contributed by atoms with Gasteiger partial charge >= 0.3 is 0 Å². The van der Waals surface area contributed by atoms with Crippen LogP contribution in [-0.4, -0.2) is 25.8 Å². The van der Waals surface area contributed by atoms with Crippen LogP contribution >= 0.6 is 15.9 Å². The van der Waals surface area contributed by atoms with E-state index in [0.29, 0.717) is 21.8 Å². The van der Waals surface area contributed by atoms with Crippen molar-refractivity contribution in [2.75, 3.05) is 7.05 Å². The monoisotopic (exact) mass is 374 g/mol. The smallest absolute Gasteiger partial charge is 0.244 e. The maximum absolute atomic E-state index is 12.9. The Balaban J connectivity index is 2.32. The molecule has 118 valence electrons. The lowest BCUT2D eigenvalue weighted by Gasteiger charge is -2.35. The van der Waals surface area contributed by atoms with Crippen LogP contribution < -0.4 is 5.73 Å². The Morgan fingerprint density at radius 3 is 2.57 bits per heavy atom. The third kappa shape index (κ3) is 3.50. The summed E-state index contributed by atoms with van der Waals surface area (Å²) in [6.07, 6.45) is 4.33. The second-order valence-electron chi connectivity index (χ2n) is 5.82. The van der Waals surface area contributed by atoms with Crippen molar-refractivity contribution >= 4 is 26.0 Å². The van der Waals surface area contributed by atoms with Gasteiger partial charge in [0.2, 0.25) is 10.0 Å². The SMILES string of the molecule is CC1CCCCC1N(C)S(=O)(=O)c1ccc(CN)cc1Br. The van der Waals surface area contributed by atoms with E-state index in [4.69, 9.17) is 5.73 Å². The van der Waals surface area contributed by atoms with E-state index < -0.39 is 10.0 Å². The number of halogens is 1. The van der Waals surface area contributed by atoms with Crippen molar-refractivity contribution in [3.05, 3.63) is 28.2 Å². The molecule has 0 saturated heterocycles. The van der Waals surface area contributed by atoms with Crippen molar-refractivity contribution < 1.29 is 8.42 Å². The van der Waals surface area contributed by atoms with Crippen molar-refractivity contribution in [3.8, 4) is 0 Å². The maximum Gasteiger partial charge on any atom is 0.244 e. The Morgan fingerprint density at radius 1 is 1.33 bits per heavy atom. The summed E-state index contributed by atoms with van der Waals surface area (Å²) in [6, 6.07) is 5.29. The Bertz CT molecular complexity index is 604. The molecule has 6 heteroatoms. The van der Waals surface area contributed by atoms with Gasteiger partial charge in [-0.1, -0.05) is 25.8 Å². The van der Waals surface area contributed by atoms with Crippen molar-refractivity contribution in [1.82, 2.24) is 4.31 Å². The quantitative estimate of drug-likeness (QED) is 0.880. The summed E-state index contributed by atoms with van der Waals surface area (Å²) >= 11 is 3.37. The second-order valence-corrected chi connectivity index (χ2v) is 8.64. The molecule has 2 N–H and O–H groups in total. The molecule has 0 amide bonds. The topological polar surface area (TPSA) is 63.4 Å². The van der Waals surface area contributed by atoms with E-state index in [0.717, 1.165) is 24.8 Å². The van der Waals surface area contributed by atoms with Crippen LogP contribution in [-0.2, 0) is 16.6 Å². The van der Waals surface area contributed by atoms with Crippen LogP contribution in [0.4, 0.5) is 0 Å². The molecule has 1 aliphatic rings. The van der Waals surface area contributed by atoms with Crippen LogP contribution in [0.5, 0.6) is 0 Å². The Labute approximate surface area is 135 Å². The van der Waals surface area contributed by atoms with Crippen LogP contribution in [0.3, 0.4) is 0 Å². The van der Waals surface area contributed by atoms with E-state index in [1.54, 1.807) is 29.6 Å². The average molecular weight is 375 g/mol. The van der Waals surface area contributed by atoms with Crippen molar-refractivity contribution in [3.63, 3.8) is 0 Å². The van der Waals surface area contributed by atoms with Crippen LogP contribution in [0.1, 0.15) is 38.2 Å². The number of hydrogen-bond acceptors (Lipinski definition) is 3. The molecule has 0 aliphatic heterocycles. The van der Waals surface area contributed by atoms with E-state index in [1.165, 1.54) is 6.42 Å². The van der Waals surface area contributed by atoms with E-state index in [9.17, 15) is 8.42 Å². The third-order valence-corrected chi connectivity index (χ3v) is 7.28. The molecule has 1 aromatic rings. The highest BCUT2D eigenvalue weighted by molar-refractivity contribution is 9.10. The molecule has 1 aliphatic carbocycles. The standard InChI is InChI=1S/C15H23BrN2O2S/c1-11-5-3-4-6-14(11)18(2)21(19,20)15-8-7-12(10-17)9-13(15)16/h7-9,11,14H,3-6,10,17H2,1-2H3. The zero-order valence-electron chi connectivity index (χ0n) is 12.5. The summed E-state index contributed by atoms with van der Waals surface area (Å²) in [4.78, 5) is 0.319. The Hall–Kier alpha value is -0.430. The summed E-state index contributed by atoms with van der Waals surface area (Å²) in [5.74, 6) is 0.403. The zero-order valence-corrected chi connectivity index (χ0v) is 15.0. The van der Waals surface area contributed by atoms with Crippen molar-refractivity contribution in [2.24, 2.45) is 11.7 Å². The van der Waals surface area contributed by atoms with Crippen LogP contribution in [0.25, 0.3) is 0 Å². The molecule has 2 atom stereocenters. The molecular weight excluding hydrogens is 352 g/mol. The van der Waals surface area contributed by atoms with E-state index >= 15 is 0 Å². The first-order valence-corrected chi connectivity index (χ1v) is 9.57. The molecule has 1 saturated carbocycles. The molecule has 0 radical (unpaired) electrons. The van der Waals surface area contributed by atoms with Gasteiger partial charge in [-0.15, -0.1) is 0 Å². The fraction of sp³-hybridized carbons (Fsp3) is 0.600. The molecule has 1 aromatic carbocycles. The largest absolute Gasteiger partial charge is 0.326 e. The van der Waals surface area contributed by atoms with Crippen molar-refractivity contribution in [2.45, 2.75) is 50.1 Å². The van der Waals surface area contributed by atoms with E-state index in [1.807, 2.05) is 0 Å². The normalized spacial score (nSPS) is 23.5. The third-order valence-electron chi connectivity index (χ3n) is 4.42. The number of rotatable bonds is 4. The highest BCUT2D eigenvalue weighted by atomic mass is 79.9. The molecule has 0 spiro atoms. The first-order chi connectivity index (χ1) is 9.87. The highest BCUT2D eigenvalue weighted by Crippen LogP contribution is 2.33. The molecule has 2 unspecified atom stereocenters. The predicted octanol–water partition coefficient (Wildman–Crippen LogP) is 3.11. The summed E-state index contributed by atoms with van der Waals surface area (Å²) in [6.45, 7) is 2.54. The lowest BCUT2D eigenvalue weighted by Crippen LogP contribution is -2.42. The minimum atomic E-state index is -3.48. The van der Waals surface area contributed by atoms with Crippen molar-refractivity contribution in [1.29, 1.82) is 0 Å². The van der Waals surface area contributed by atoms with Gasteiger partial charge in [0.15, 0.2) is 0 Å². The van der Waals surface area contributed by atoms with Gasteiger partial charge < -0.3 is 5.73 Å². The number of sulfonamides is 1. The molecule has 0 bridgehead atoms. The fourth-order valence-corrected chi connectivity index (χ4v) is 5.62. The molecule has 0 heterocycles. The number of hydrogen-bond donors (Lipinski definition) is 1. The van der Waals surface area contributed by atoms with Gasteiger partial charge in [-0.05, 0) is 52.4 Å². The molecule has 4 nitrogen and oxygen atoms in total. The zero-order chi connectivity index (χ0) is 15.6. The Kier molecular flexibility index (Phi) is 5.46. The summed E-state index contributed by atoms with van der Waals surface area (Å²) in [5.41, 5.74) is 6.50. The minimum Gasteiger partial charge on any atom is -0.326 e. The highest BCUT2D eigenvalue weighted by Gasteiger charge is 2.33. The van der Waals surface area contributed by atoms with E-state index in [-0.39, 0.29) is 6.04 Å². The molecule has 1 fully saturated rings. The lowest BCUT2D eigenvalue weighted by atomic mass is 9.86. The second kappa shape index (κ2) is 6.77. The van der Waals surface area contributed by atoms with Crippen LogP contribution in [0.2, 0.25) is 0 Å². The van der Waals surface area contributed by atoms with E-state index in [2.05, 4.69) is 22.9 Å². The maximum atomic E-state index is 12.9. The molecular formula is C15H23BrN2O2S. The minimum absolute atomic E-state index is 0.0878. The van der Waals surface area contributed by atoms with Crippen LogP contribution in [0, 0.1) is 5.92 Å². The summed E-state index contributed by atoms with van der Waals surface area (Å²) in [5, 5.41) is 0. The average Bonchev–Trinajstić information content (AvgIpc) is 2.46.